The molecule has 0 unspecified atom stereocenters. The first-order chi connectivity index (χ1) is 9.16. The Morgan fingerprint density at radius 3 is 2.84 bits per heavy atom. The number of nitrogens with one attached hydrogen (secondary N) is 1. The number of rotatable bonds is 4. The van der Waals surface area contributed by atoms with E-state index in [2.05, 4.69) is 10.5 Å². The molecule has 0 fully saturated rings. The first-order valence-electron chi connectivity index (χ1n) is 5.87. The third-order valence-electron chi connectivity index (χ3n) is 2.72. The molecule has 1 aromatic carbocycles. The zero-order chi connectivity index (χ0) is 13.7. The molecule has 0 radical (unpaired) electrons. The van der Waals surface area contributed by atoms with Crippen LogP contribution < -0.4 is 5.43 Å². The average Bonchev–Trinajstić information content (AvgIpc) is 2.77. The van der Waals surface area contributed by atoms with Gasteiger partial charge < -0.3 is 9.67 Å². The van der Waals surface area contributed by atoms with E-state index in [1.165, 1.54) is 6.21 Å². The summed E-state index contributed by atoms with van der Waals surface area (Å²) in [5, 5.41) is 13.3. The number of carbonyl (C=O) groups is 1. The molecule has 2 rings (SSSR count). The number of carbonyl (C=O) groups excluding carboxylic acids is 1. The number of nitrogens with zero attached hydrogens (tertiary/aromatic N) is 2. The van der Waals surface area contributed by atoms with Crippen LogP contribution in [0.2, 0.25) is 0 Å². The summed E-state index contributed by atoms with van der Waals surface area (Å²) in [5.74, 6) is -0.0728. The van der Waals surface area contributed by atoms with Crippen LogP contribution in [0.4, 0.5) is 0 Å². The number of hydrazone groups is 1. The highest BCUT2D eigenvalue weighted by atomic mass is 16.3. The number of hydrogen-bond acceptors (Lipinski definition) is 3. The summed E-state index contributed by atoms with van der Waals surface area (Å²) in [6, 6.07) is 10.5. The molecule has 0 saturated carbocycles. The minimum absolute atomic E-state index is 0.128. The van der Waals surface area contributed by atoms with E-state index in [1.807, 2.05) is 29.9 Å². The van der Waals surface area contributed by atoms with E-state index in [0.717, 1.165) is 5.69 Å². The number of amides is 1. The van der Waals surface area contributed by atoms with Crippen LogP contribution in [-0.2, 0) is 18.3 Å². The molecule has 1 amide bonds. The summed E-state index contributed by atoms with van der Waals surface area (Å²) in [7, 11) is 1.88. The molecular formula is C14H15N3O2. The van der Waals surface area contributed by atoms with Gasteiger partial charge in [-0.15, -0.1) is 0 Å². The first kappa shape index (κ1) is 12.9. The lowest BCUT2D eigenvalue weighted by Gasteiger charge is -2.02. The van der Waals surface area contributed by atoms with E-state index in [4.69, 9.17) is 0 Å². The van der Waals surface area contributed by atoms with Gasteiger partial charge >= 0.3 is 0 Å². The van der Waals surface area contributed by atoms with Gasteiger partial charge in [-0.05, 0) is 24.3 Å². The van der Waals surface area contributed by atoms with Crippen LogP contribution in [0, 0.1) is 0 Å². The molecule has 0 bridgehead atoms. The van der Waals surface area contributed by atoms with Crippen LogP contribution in [0.5, 0.6) is 5.75 Å². The van der Waals surface area contributed by atoms with Crippen LogP contribution in [0.25, 0.3) is 0 Å². The Morgan fingerprint density at radius 1 is 1.37 bits per heavy atom. The van der Waals surface area contributed by atoms with Crippen molar-refractivity contribution in [1.29, 1.82) is 0 Å². The van der Waals surface area contributed by atoms with Crippen LogP contribution in [0.3, 0.4) is 0 Å². The molecule has 0 atom stereocenters. The second-order valence-corrected chi connectivity index (χ2v) is 4.14. The first-order valence-corrected chi connectivity index (χ1v) is 5.87. The maximum atomic E-state index is 11.6. The summed E-state index contributed by atoms with van der Waals surface area (Å²) < 4.78 is 1.88. The lowest BCUT2D eigenvalue weighted by atomic mass is 10.2. The summed E-state index contributed by atoms with van der Waals surface area (Å²) in [5.41, 5.74) is 3.90. The Bertz CT molecular complexity index is 602. The van der Waals surface area contributed by atoms with Crippen molar-refractivity contribution in [2.75, 3.05) is 0 Å². The largest absolute Gasteiger partial charge is 0.507 e. The third-order valence-corrected chi connectivity index (χ3v) is 2.72. The second-order valence-electron chi connectivity index (χ2n) is 4.14. The van der Waals surface area contributed by atoms with Gasteiger partial charge in [-0.1, -0.05) is 12.1 Å². The molecule has 0 aliphatic rings. The summed E-state index contributed by atoms with van der Waals surface area (Å²) in [6.07, 6.45) is 3.56. The standard InChI is InChI=1S/C14H15N3O2/c1-17-8-4-6-12(17)9-14(19)16-15-10-11-5-2-3-7-13(11)18/h2-8,10,18H,9H2,1H3,(H,16,19)/b15-10+. The van der Waals surface area contributed by atoms with Gasteiger partial charge in [0.25, 0.3) is 0 Å². The van der Waals surface area contributed by atoms with Crippen LogP contribution in [-0.4, -0.2) is 21.8 Å². The Labute approximate surface area is 111 Å². The Morgan fingerprint density at radius 2 is 2.16 bits per heavy atom. The zero-order valence-electron chi connectivity index (χ0n) is 10.6. The maximum Gasteiger partial charge on any atom is 0.245 e. The molecule has 0 spiro atoms. The van der Waals surface area contributed by atoms with Gasteiger partial charge in [0.1, 0.15) is 5.75 Å². The number of phenolic OH excluding ortho intramolecular Hbond substituents is 1. The van der Waals surface area contributed by atoms with Crippen LogP contribution in [0.1, 0.15) is 11.3 Å². The Hall–Kier alpha value is -2.56. The van der Waals surface area contributed by atoms with Gasteiger partial charge in [-0.2, -0.15) is 5.10 Å². The highest BCUT2D eigenvalue weighted by Gasteiger charge is 2.04. The van der Waals surface area contributed by atoms with E-state index in [-0.39, 0.29) is 18.1 Å². The van der Waals surface area contributed by atoms with E-state index in [1.54, 1.807) is 24.3 Å². The monoisotopic (exact) mass is 257 g/mol. The van der Waals surface area contributed by atoms with Crippen LogP contribution in [0.15, 0.2) is 47.7 Å². The molecule has 1 aromatic heterocycles. The van der Waals surface area contributed by atoms with Gasteiger partial charge in [-0.25, -0.2) is 5.43 Å². The highest BCUT2D eigenvalue weighted by molar-refractivity contribution is 5.85. The van der Waals surface area contributed by atoms with Crippen molar-refractivity contribution < 1.29 is 9.90 Å². The molecule has 0 saturated heterocycles. The highest BCUT2D eigenvalue weighted by Crippen LogP contribution is 2.12. The van der Waals surface area contributed by atoms with E-state index in [0.29, 0.717) is 5.56 Å². The van der Waals surface area contributed by atoms with E-state index in [9.17, 15) is 9.90 Å². The average molecular weight is 257 g/mol. The minimum Gasteiger partial charge on any atom is -0.507 e. The lowest BCUT2D eigenvalue weighted by molar-refractivity contribution is -0.120. The van der Waals surface area contributed by atoms with E-state index < -0.39 is 0 Å². The number of aromatic hydroxyl groups is 1. The number of hydrogen-bond donors (Lipinski definition) is 2. The Balaban J connectivity index is 1.91. The third kappa shape index (κ3) is 3.45. The Kier molecular flexibility index (Phi) is 3.97. The molecule has 2 aromatic rings. The maximum absolute atomic E-state index is 11.6. The smallest absolute Gasteiger partial charge is 0.245 e. The van der Waals surface area contributed by atoms with Crippen molar-refractivity contribution in [3.05, 3.63) is 53.9 Å². The van der Waals surface area contributed by atoms with Gasteiger partial charge in [-0.3, -0.25) is 4.79 Å². The fourth-order valence-corrected chi connectivity index (χ4v) is 1.65. The minimum atomic E-state index is -0.200. The number of aryl methyl sites for hydroxylation is 1. The SMILES string of the molecule is Cn1cccc1CC(=O)N/N=C/c1ccccc1O. The number of aromatic nitrogens is 1. The number of para-hydroxylation sites is 1. The summed E-state index contributed by atoms with van der Waals surface area (Å²) in [4.78, 5) is 11.6. The zero-order valence-corrected chi connectivity index (χ0v) is 10.6. The van der Waals surface area contributed by atoms with Gasteiger partial charge in [0.15, 0.2) is 0 Å². The molecule has 0 aliphatic heterocycles. The van der Waals surface area contributed by atoms with Crippen molar-refractivity contribution in [1.82, 2.24) is 9.99 Å². The van der Waals surface area contributed by atoms with Crippen molar-refractivity contribution >= 4 is 12.1 Å². The number of phenols is 1. The van der Waals surface area contributed by atoms with Crippen molar-refractivity contribution in [3.8, 4) is 5.75 Å². The quantitative estimate of drug-likeness (QED) is 0.642. The number of benzene rings is 1. The van der Waals surface area contributed by atoms with Crippen molar-refractivity contribution in [3.63, 3.8) is 0 Å². The molecule has 5 nitrogen and oxygen atoms in total. The molecule has 2 N–H and O–H groups in total. The molecule has 98 valence electrons. The molecule has 5 heteroatoms. The lowest BCUT2D eigenvalue weighted by Crippen LogP contribution is -2.20. The fraction of sp³-hybridized carbons (Fsp3) is 0.143. The predicted octanol–water partition coefficient (Wildman–Crippen LogP) is 1.42. The van der Waals surface area contributed by atoms with Gasteiger partial charge in [0.2, 0.25) is 5.91 Å². The normalized spacial score (nSPS) is 10.8. The fourth-order valence-electron chi connectivity index (χ4n) is 1.65. The van der Waals surface area contributed by atoms with Gasteiger partial charge in [0, 0.05) is 24.5 Å². The van der Waals surface area contributed by atoms with Crippen molar-refractivity contribution in [2.24, 2.45) is 12.1 Å². The summed E-state index contributed by atoms with van der Waals surface area (Å²) >= 11 is 0. The van der Waals surface area contributed by atoms with Crippen LogP contribution >= 0.6 is 0 Å². The predicted molar refractivity (Wildman–Crippen MR) is 73.0 cm³/mol. The van der Waals surface area contributed by atoms with E-state index >= 15 is 0 Å². The molecule has 0 aliphatic carbocycles. The molecule has 19 heavy (non-hydrogen) atoms. The van der Waals surface area contributed by atoms with Crippen molar-refractivity contribution in [2.45, 2.75) is 6.42 Å². The molecular weight excluding hydrogens is 242 g/mol. The van der Waals surface area contributed by atoms with Gasteiger partial charge in [0.05, 0.1) is 12.6 Å². The topological polar surface area (TPSA) is 66.6 Å². The summed E-state index contributed by atoms with van der Waals surface area (Å²) in [6.45, 7) is 0. The second kappa shape index (κ2) is 5.86. The molecule has 1 heterocycles.